The van der Waals surface area contributed by atoms with Crippen LogP contribution in [0.2, 0.25) is 0 Å². The number of ether oxygens (including phenoxy) is 1. The Labute approximate surface area is 187 Å². The van der Waals surface area contributed by atoms with Crippen LogP contribution in [-0.4, -0.2) is 33.9 Å². The summed E-state index contributed by atoms with van der Waals surface area (Å²) in [5.41, 5.74) is 8.19. The van der Waals surface area contributed by atoms with Crippen molar-refractivity contribution in [1.82, 2.24) is 14.9 Å². The van der Waals surface area contributed by atoms with Crippen LogP contribution < -0.4 is 10.5 Å². The SMILES string of the molecule is CC(=O)N1CCOc2ccc(-c3cnc(N)cn3)cc2C1.CCCC(C)CCC(C)C. The molecule has 6 nitrogen and oxygen atoms in total. The minimum atomic E-state index is 0.0455. The van der Waals surface area contributed by atoms with Crippen molar-refractivity contribution in [2.24, 2.45) is 11.8 Å². The van der Waals surface area contributed by atoms with Gasteiger partial charge in [0, 0.05) is 24.6 Å². The van der Waals surface area contributed by atoms with Crippen LogP contribution in [0.3, 0.4) is 0 Å². The molecule has 1 aromatic heterocycles. The number of amides is 1. The van der Waals surface area contributed by atoms with Gasteiger partial charge < -0.3 is 15.4 Å². The van der Waals surface area contributed by atoms with Crippen LogP contribution in [0, 0.1) is 11.8 Å². The second-order valence-corrected chi connectivity index (χ2v) is 8.80. The molecule has 1 atom stereocenters. The van der Waals surface area contributed by atoms with Gasteiger partial charge in [0.2, 0.25) is 5.91 Å². The van der Waals surface area contributed by atoms with Gasteiger partial charge in [-0.1, -0.05) is 53.4 Å². The highest BCUT2D eigenvalue weighted by Crippen LogP contribution is 2.28. The topological polar surface area (TPSA) is 81.3 Å². The molecule has 3 rings (SSSR count). The van der Waals surface area contributed by atoms with Gasteiger partial charge in [0.15, 0.2) is 0 Å². The summed E-state index contributed by atoms with van der Waals surface area (Å²) in [6.45, 7) is 12.5. The lowest BCUT2D eigenvalue weighted by molar-refractivity contribution is -0.129. The first kappa shape index (κ1) is 24.6. The third kappa shape index (κ3) is 8.19. The second-order valence-electron chi connectivity index (χ2n) is 8.80. The maximum absolute atomic E-state index is 11.6. The lowest BCUT2D eigenvalue weighted by Gasteiger charge is -2.17. The molecule has 0 saturated carbocycles. The lowest BCUT2D eigenvalue weighted by atomic mass is 9.96. The number of nitrogens with zero attached hydrogens (tertiary/aromatic N) is 3. The van der Waals surface area contributed by atoms with Gasteiger partial charge in [-0.2, -0.15) is 0 Å². The third-order valence-corrected chi connectivity index (χ3v) is 5.47. The van der Waals surface area contributed by atoms with Crippen molar-refractivity contribution in [3.63, 3.8) is 0 Å². The quantitative estimate of drug-likeness (QED) is 0.675. The molecule has 1 aliphatic rings. The van der Waals surface area contributed by atoms with Crippen molar-refractivity contribution in [3.05, 3.63) is 36.2 Å². The highest BCUT2D eigenvalue weighted by molar-refractivity contribution is 5.73. The number of nitrogens with two attached hydrogens (primary N) is 1. The Bertz CT molecular complexity index is 821. The van der Waals surface area contributed by atoms with Crippen LogP contribution in [0.5, 0.6) is 5.75 Å². The average molecular weight is 427 g/mol. The molecule has 0 fully saturated rings. The fraction of sp³-hybridized carbons (Fsp3) is 0.560. The zero-order valence-corrected chi connectivity index (χ0v) is 19.7. The maximum atomic E-state index is 11.6. The monoisotopic (exact) mass is 426 g/mol. The predicted octanol–water partition coefficient (Wildman–Crippen LogP) is 5.33. The van der Waals surface area contributed by atoms with Crippen molar-refractivity contribution < 1.29 is 9.53 Å². The van der Waals surface area contributed by atoms with Gasteiger partial charge in [-0.3, -0.25) is 9.78 Å². The van der Waals surface area contributed by atoms with E-state index in [1.54, 1.807) is 18.0 Å². The molecule has 2 N–H and O–H groups in total. The summed E-state index contributed by atoms with van der Waals surface area (Å²) in [6.07, 6.45) is 8.75. The van der Waals surface area contributed by atoms with Crippen molar-refractivity contribution in [1.29, 1.82) is 0 Å². The lowest BCUT2D eigenvalue weighted by Crippen LogP contribution is -2.30. The van der Waals surface area contributed by atoms with E-state index in [0.29, 0.717) is 25.5 Å². The molecular weight excluding hydrogens is 388 g/mol. The Balaban J connectivity index is 0.000000291. The van der Waals surface area contributed by atoms with Gasteiger partial charge in [0.1, 0.15) is 18.2 Å². The first-order valence-electron chi connectivity index (χ1n) is 11.4. The zero-order valence-electron chi connectivity index (χ0n) is 19.7. The number of anilines is 1. The minimum Gasteiger partial charge on any atom is -0.491 e. The highest BCUT2D eigenvalue weighted by atomic mass is 16.5. The molecule has 170 valence electrons. The number of hydrogen-bond acceptors (Lipinski definition) is 5. The van der Waals surface area contributed by atoms with E-state index in [1.807, 2.05) is 18.2 Å². The zero-order chi connectivity index (χ0) is 22.8. The molecule has 0 saturated heterocycles. The Morgan fingerprint density at radius 1 is 1.16 bits per heavy atom. The summed E-state index contributed by atoms with van der Waals surface area (Å²) >= 11 is 0. The van der Waals surface area contributed by atoms with E-state index < -0.39 is 0 Å². The van der Waals surface area contributed by atoms with E-state index in [2.05, 4.69) is 37.7 Å². The molecule has 2 heterocycles. The van der Waals surface area contributed by atoms with Gasteiger partial charge in [0.25, 0.3) is 0 Å². The standard InChI is InChI=1S/C15H16N4O2.C10H22/c1-10(20)19-4-5-21-14-3-2-11(6-12(14)9-19)13-7-18-15(16)8-17-13;1-5-6-10(4)8-7-9(2)3/h2-3,6-8H,4-5,9H2,1H3,(H2,16,18);9-10H,5-8H2,1-4H3. The molecule has 2 aromatic rings. The molecule has 0 bridgehead atoms. The van der Waals surface area contributed by atoms with Gasteiger partial charge in [0.05, 0.1) is 24.6 Å². The molecule has 0 spiro atoms. The second kappa shape index (κ2) is 12.3. The molecule has 1 amide bonds. The van der Waals surface area contributed by atoms with Gasteiger partial charge in [-0.25, -0.2) is 4.98 Å². The largest absolute Gasteiger partial charge is 0.491 e. The molecule has 1 aliphatic heterocycles. The first-order chi connectivity index (χ1) is 14.8. The Morgan fingerprint density at radius 3 is 2.55 bits per heavy atom. The van der Waals surface area contributed by atoms with Gasteiger partial charge in [-0.15, -0.1) is 0 Å². The van der Waals surface area contributed by atoms with Crippen LogP contribution >= 0.6 is 0 Å². The summed E-state index contributed by atoms with van der Waals surface area (Å²) < 4.78 is 5.69. The molecule has 0 aliphatic carbocycles. The number of benzene rings is 1. The smallest absolute Gasteiger partial charge is 0.219 e. The number of carbonyl (C=O) groups is 1. The van der Waals surface area contributed by atoms with Gasteiger partial charge in [-0.05, 0) is 30.0 Å². The van der Waals surface area contributed by atoms with E-state index in [4.69, 9.17) is 10.5 Å². The Hall–Kier alpha value is -2.63. The number of fused-ring (bicyclic) bond motifs is 1. The maximum Gasteiger partial charge on any atom is 0.219 e. The van der Waals surface area contributed by atoms with E-state index in [1.165, 1.54) is 31.9 Å². The third-order valence-electron chi connectivity index (χ3n) is 5.47. The molecular formula is C25H38N4O2. The Morgan fingerprint density at radius 2 is 1.94 bits per heavy atom. The highest BCUT2D eigenvalue weighted by Gasteiger charge is 2.18. The predicted molar refractivity (Wildman–Crippen MR) is 127 cm³/mol. The summed E-state index contributed by atoms with van der Waals surface area (Å²) in [6, 6.07) is 5.83. The van der Waals surface area contributed by atoms with Gasteiger partial charge >= 0.3 is 0 Å². The fourth-order valence-corrected chi connectivity index (χ4v) is 3.56. The molecule has 1 unspecified atom stereocenters. The summed E-state index contributed by atoms with van der Waals surface area (Å²) in [5.74, 6) is 3.08. The Kier molecular flexibility index (Phi) is 9.76. The van der Waals surface area contributed by atoms with E-state index in [0.717, 1.165) is 34.4 Å². The van der Waals surface area contributed by atoms with E-state index >= 15 is 0 Å². The van der Waals surface area contributed by atoms with Crippen LogP contribution in [0.25, 0.3) is 11.3 Å². The molecule has 1 aromatic carbocycles. The first-order valence-corrected chi connectivity index (χ1v) is 11.4. The summed E-state index contributed by atoms with van der Waals surface area (Å²) in [5, 5.41) is 0. The van der Waals surface area contributed by atoms with Crippen molar-refractivity contribution in [2.75, 3.05) is 18.9 Å². The minimum absolute atomic E-state index is 0.0455. The molecule has 6 heteroatoms. The van der Waals surface area contributed by atoms with Crippen molar-refractivity contribution >= 4 is 11.7 Å². The van der Waals surface area contributed by atoms with Crippen LogP contribution in [-0.2, 0) is 11.3 Å². The van der Waals surface area contributed by atoms with Crippen LogP contribution in [0.4, 0.5) is 5.82 Å². The van der Waals surface area contributed by atoms with Crippen LogP contribution in [0.15, 0.2) is 30.6 Å². The molecule has 31 heavy (non-hydrogen) atoms. The number of hydrogen-bond donors (Lipinski definition) is 1. The van der Waals surface area contributed by atoms with E-state index in [-0.39, 0.29) is 5.91 Å². The number of rotatable bonds is 6. The molecule has 0 radical (unpaired) electrons. The number of carbonyl (C=O) groups excluding carboxylic acids is 1. The van der Waals surface area contributed by atoms with Crippen LogP contribution in [0.1, 0.15) is 65.9 Å². The van der Waals surface area contributed by atoms with E-state index in [9.17, 15) is 4.79 Å². The summed E-state index contributed by atoms with van der Waals surface area (Å²) in [4.78, 5) is 21.7. The summed E-state index contributed by atoms with van der Waals surface area (Å²) in [7, 11) is 0. The average Bonchev–Trinajstić information content (AvgIpc) is 2.95. The normalized spacial score (nSPS) is 14.1. The number of aromatic nitrogens is 2. The van der Waals surface area contributed by atoms with Crippen molar-refractivity contribution in [3.8, 4) is 17.0 Å². The fourth-order valence-electron chi connectivity index (χ4n) is 3.56. The van der Waals surface area contributed by atoms with Crippen molar-refractivity contribution in [2.45, 2.75) is 66.8 Å². The number of nitrogen functional groups attached to an aromatic ring is 1.